The van der Waals surface area contributed by atoms with Gasteiger partial charge in [0.05, 0.1) is 13.2 Å². The lowest BCUT2D eigenvalue weighted by atomic mass is 10.6. The zero-order chi connectivity index (χ0) is 11.9. The van der Waals surface area contributed by atoms with Crippen LogP contribution >= 0.6 is 0 Å². The van der Waals surface area contributed by atoms with E-state index in [4.69, 9.17) is 13.9 Å². The average molecular weight is 232 g/mol. The van der Waals surface area contributed by atoms with Crippen LogP contribution in [0.1, 0.15) is 6.92 Å². The molecule has 0 aromatic heterocycles. The van der Waals surface area contributed by atoms with Crippen LogP contribution in [-0.4, -0.2) is 33.8 Å². The SMILES string of the molecule is C=CC(=O)OC(C)OCCO[Si](C)(C)C. The molecule has 0 spiro atoms. The minimum atomic E-state index is -1.47. The molecule has 15 heavy (non-hydrogen) atoms. The standard InChI is InChI=1S/C10H20O4Si/c1-6-10(11)14-9(2)12-7-8-13-15(3,4)5/h6,9H,1,7-8H2,2-5H3. The van der Waals surface area contributed by atoms with Gasteiger partial charge in [-0.1, -0.05) is 6.58 Å². The highest BCUT2D eigenvalue weighted by molar-refractivity contribution is 6.69. The van der Waals surface area contributed by atoms with Crippen molar-refractivity contribution in [3.63, 3.8) is 0 Å². The highest BCUT2D eigenvalue weighted by Crippen LogP contribution is 2.02. The summed E-state index contributed by atoms with van der Waals surface area (Å²) >= 11 is 0. The number of esters is 1. The third-order valence-corrected chi connectivity index (χ3v) is 2.49. The second-order valence-corrected chi connectivity index (χ2v) is 8.55. The van der Waals surface area contributed by atoms with E-state index in [9.17, 15) is 4.79 Å². The molecule has 0 aromatic rings. The maximum Gasteiger partial charge on any atom is 0.332 e. The van der Waals surface area contributed by atoms with E-state index in [0.717, 1.165) is 6.08 Å². The number of carbonyl (C=O) groups excluding carboxylic acids is 1. The fourth-order valence-corrected chi connectivity index (χ4v) is 1.50. The molecule has 0 fully saturated rings. The molecule has 0 aliphatic heterocycles. The van der Waals surface area contributed by atoms with E-state index in [1.807, 2.05) is 0 Å². The van der Waals surface area contributed by atoms with Gasteiger partial charge in [0.25, 0.3) is 0 Å². The van der Waals surface area contributed by atoms with Crippen LogP contribution in [0.25, 0.3) is 0 Å². The first kappa shape index (κ1) is 14.3. The fourth-order valence-electron chi connectivity index (χ4n) is 0.808. The topological polar surface area (TPSA) is 44.8 Å². The summed E-state index contributed by atoms with van der Waals surface area (Å²) < 4.78 is 15.6. The van der Waals surface area contributed by atoms with Gasteiger partial charge in [-0.3, -0.25) is 0 Å². The minimum Gasteiger partial charge on any atom is -0.433 e. The monoisotopic (exact) mass is 232 g/mol. The Labute approximate surface area is 92.3 Å². The van der Waals surface area contributed by atoms with Gasteiger partial charge in [0.15, 0.2) is 8.32 Å². The van der Waals surface area contributed by atoms with Crippen LogP contribution in [0.4, 0.5) is 0 Å². The Kier molecular flexibility index (Phi) is 6.47. The van der Waals surface area contributed by atoms with Crippen molar-refractivity contribution in [3.05, 3.63) is 12.7 Å². The van der Waals surface area contributed by atoms with E-state index < -0.39 is 20.6 Å². The van der Waals surface area contributed by atoms with E-state index in [2.05, 4.69) is 26.2 Å². The molecule has 0 bridgehead atoms. The molecule has 4 nitrogen and oxygen atoms in total. The summed E-state index contributed by atoms with van der Waals surface area (Å²) in [5.74, 6) is -0.478. The van der Waals surface area contributed by atoms with Crippen molar-refractivity contribution < 1.29 is 18.7 Å². The van der Waals surface area contributed by atoms with E-state index in [-0.39, 0.29) is 0 Å². The van der Waals surface area contributed by atoms with Crippen molar-refractivity contribution in [2.24, 2.45) is 0 Å². The van der Waals surface area contributed by atoms with Crippen molar-refractivity contribution in [2.45, 2.75) is 32.9 Å². The lowest BCUT2D eigenvalue weighted by Gasteiger charge is -2.18. The Balaban J connectivity index is 3.51. The molecule has 0 N–H and O–H groups in total. The summed E-state index contributed by atoms with van der Waals surface area (Å²) in [7, 11) is -1.47. The predicted octanol–water partition coefficient (Wildman–Crippen LogP) is 1.93. The van der Waals surface area contributed by atoms with Gasteiger partial charge in [-0.05, 0) is 26.6 Å². The number of hydrogen-bond donors (Lipinski definition) is 0. The van der Waals surface area contributed by atoms with Crippen molar-refractivity contribution in [1.29, 1.82) is 0 Å². The van der Waals surface area contributed by atoms with Gasteiger partial charge < -0.3 is 13.9 Å². The molecular formula is C10H20O4Si. The molecule has 0 saturated heterocycles. The summed E-state index contributed by atoms with van der Waals surface area (Å²) in [6, 6.07) is 0. The van der Waals surface area contributed by atoms with Crippen molar-refractivity contribution >= 4 is 14.3 Å². The van der Waals surface area contributed by atoms with Crippen LogP contribution < -0.4 is 0 Å². The summed E-state index contributed by atoms with van der Waals surface area (Å²) in [4.78, 5) is 10.8. The summed E-state index contributed by atoms with van der Waals surface area (Å²) in [6.45, 7) is 12.2. The van der Waals surface area contributed by atoms with Gasteiger partial charge in [0.1, 0.15) is 0 Å². The van der Waals surface area contributed by atoms with Gasteiger partial charge in [0.2, 0.25) is 6.29 Å². The van der Waals surface area contributed by atoms with Crippen LogP contribution in [0.15, 0.2) is 12.7 Å². The average Bonchev–Trinajstić information content (AvgIpc) is 2.11. The van der Waals surface area contributed by atoms with E-state index >= 15 is 0 Å². The molecule has 0 aromatic carbocycles. The molecule has 0 rings (SSSR count). The fraction of sp³-hybridized carbons (Fsp3) is 0.700. The van der Waals surface area contributed by atoms with E-state index in [1.165, 1.54) is 0 Å². The smallest absolute Gasteiger partial charge is 0.332 e. The Morgan fingerprint density at radius 3 is 2.47 bits per heavy atom. The Morgan fingerprint density at radius 2 is 2.00 bits per heavy atom. The summed E-state index contributed by atoms with van der Waals surface area (Å²) in [6.07, 6.45) is 0.555. The Hall–Kier alpha value is -0.653. The Bertz CT molecular complexity index is 210. The van der Waals surface area contributed by atoms with Gasteiger partial charge in [-0.15, -0.1) is 0 Å². The quantitative estimate of drug-likeness (QED) is 0.221. The normalized spacial score (nSPS) is 13.3. The third-order valence-electron chi connectivity index (χ3n) is 1.42. The van der Waals surface area contributed by atoms with Crippen molar-refractivity contribution in [3.8, 4) is 0 Å². The molecule has 88 valence electrons. The lowest BCUT2D eigenvalue weighted by Crippen LogP contribution is -2.28. The molecule has 1 atom stereocenters. The van der Waals surface area contributed by atoms with Crippen LogP contribution in [-0.2, 0) is 18.7 Å². The van der Waals surface area contributed by atoms with E-state index in [0.29, 0.717) is 13.2 Å². The zero-order valence-electron chi connectivity index (χ0n) is 9.91. The molecule has 0 amide bonds. The molecule has 0 radical (unpaired) electrons. The first-order valence-corrected chi connectivity index (χ1v) is 8.34. The number of rotatable bonds is 7. The predicted molar refractivity (Wildman–Crippen MR) is 61.0 cm³/mol. The first-order valence-electron chi connectivity index (χ1n) is 4.94. The maximum absolute atomic E-state index is 10.8. The van der Waals surface area contributed by atoms with Gasteiger partial charge in [-0.25, -0.2) is 4.79 Å². The Morgan fingerprint density at radius 1 is 1.40 bits per heavy atom. The summed E-state index contributed by atoms with van der Waals surface area (Å²) in [5, 5.41) is 0. The second-order valence-electron chi connectivity index (χ2n) is 4.04. The van der Waals surface area contributed by atoms with Crippen LogP contribution in [0.3, 0.4) is 0 Å². The summed E-state index contributed by atoms with van der Waals surface area (Å²) in [5.41, 5.74) is 0. The number of carbonyl (C=O) groups is 1. The molecule has 5 heteroatoms. The largest absolute Gasteiger partial charge is 0.433 e. The molecule has 0 heterocycles. The molecular weight excluding hydrogens is 212 g/mol. The van der Waals surface area contributed by atoms with E-state index in [1.54, 1.807) is 6.92 Å². The molecule has 0 saturated carbocycles. The molecule has 0 aliphatic rings. The van der Waals surface area contributed by atoms with Crippen LogP contribution in [0.2, 0.25) is 19.6 Å². The highest BCUT2D eigenvalue weighted by Gasteiger charge is 2.14. The first-order chi connectivity index (χ1) is 6.85. The molecule has 1 unspecified atom stereocenters. The van der Waals surface area contributed by atoms with Crippen molar-refractivity contribution in [2.75, 3.05) is 13.2 Å². The van der Waals surface area contributed by atoms with Gasteiger partial charge in [0, 0.05) is 6.08 Å². The van der Waals surface area contributed by atoms with Crippen molar-refractivity contribution in [1.82, 2.24) is 0 Å². The third kappa shape index (κ3) is 9.65. The zero-order valence-corrected chi connectivity index (χ0v) is 10.9. The van der Waals surface area contributed by atoms with Gasteiger partial charge in [-0.2, -0.15) is 0 Å². The van der Waals surface area contributed by atoms with Crippen LogP contribution in [0, 0.1) is 0 Å². The molecule has 0 aliphatic carbocycles. The van der Waals surface area contributed by atoms with Gasteiger partial charge >= 0.3 is 5.97 Å². The number of hydrogen-bond acceptors (Lipinski definition) is 4. The second kappa shape index (κ2) is 6.76. The lowest BCUT2D eigenvalue weighted by molar-refractivity contribution is -0.170. The number of ether oxygens (including phenoxy) is 2. The maximum atomic E-state index is 10.8. The minimum absolute atomic E-state index is 0.426. The van der Waals surface area contributed by atoms with Crippen LogP contribution in [0.5, 0.6) is 0 Å². The highest BCUT2D eigenvalue weighted by atomic mass is 28.4.